The molecule has 1 saturated heterocycles. The topological polar surface area (TPSA) is 77.4 Å². The summed E-state index contributed by atoms with van der Waals surface area (Å²) in [5.41, 5.74) is 3.42. The number of pyridine rings is 1. The molecule has 0 bridgehead atoms. The first-order valence-electron chi connectivity index (χ1n) is 9.44. The number of β-amino-alcohol motifs (C(OH)–C–C–N with tert-alkyl or cyclic N) is 1. The largest absolute Gasteiger partial charge is 0.395 e. The Hall–Kier alpha value is -1.51. The molecule has 2 aliphatic rings. The van der Waals surface area contributed by atoms with Gasteiger partial charge < -0.3 is 15.3 Å². The van der Waals surface area contributed by atoms with Gasteiger partial charge in [-0.15, -0.1) is 24.8 Å². The van der Waals surface area contributed by atoms with Gasteiger partial charge >= 0.3 is 0 Å². The first-order valence-corrected chi connectivity index (χ1v) is 9.44. The number of rotatable bonds is 4. The minimum Gasteiger partial charge on any atom is -0.395 e. The van der Waals surface area contributed by atoms with Gasteiger partial charge in [0.05, 0.1) is 12.3 Å². The lowest BCUT2D eigenvalue weighted by molar-refractivity contribution is 0.188. The van der Waals surface area contributed by atoms with Crippen LogP contribution in [0.3, 0.4) is 0 Å². The number of nitrogens with one attached hydrogen (secondary N) is 1. The van der Waals surface area contributed by atoms with Gasteiger partial charge in [-0.1, -0.05) is 0 Å². The monoisotopic (exact) mass is 426 g/mol. The Labute approximate surface area is 178 Å². The molecule has 0 amide bonds. The van der Waals surface area contributed by atoms with Gasteiger partial charge in [-0.05, 0) is 25.1 Å². The maximum Gasteiger partial charge on any atom is 0.163 e. The molecule has 2 aliphatic heterocycles. The van der Waals surface area contributed by atoms with Crippen molar-refractivity contribution in [3.05, 3.63) is 35.8 Å². The molecule has 1 fully saturated rings. The Balaban J connectivity index is 0.00000140. The molecule has 4 heterocycles. The zero-order chi connectivity index (χ0) is 17.8. The van der Waals surface area contributed by atoms with E-state index < -0.39 is 0 Å². The van der Waals surface area contributed by atoms with Crippen molar-refractivity contribution < 1.29 is 5.11 Å². The van der Waals surface area contributed by atoms with Gasteiger partial charge in [-0.3, -0.25) is 9.88 Å². The highest BCUT2D eigenvalue weighted by molar-refractivity contribution is 5.85. The van der Waals surface area contributed by atoms with Crippen LogP contribution in [-0.2, 0) is 12.8 Å². The number of nitrogens with zero attached hydrogens (tertiary/aromatic N) is 5. The Morgan fingerprint density at radius 3 is 2.54 bits per heavy atom. The molecule has 0 aliphatic carbocycles. The summed E-state index contributed by atoms with van der Waals surface area (Å²) in [6.07, 6.45) is 5.51. The summed E-state index contributed by atoms with van der Waals surface area (Å²) in [5.74, 6) is 1.85. The van der Waals surface area contributed by atoms with Crippen molar-refractivity contribution in [1.82, 2.24) is 25.2 Å². The summed E-state index contributed by atoms with van der Waals surface area (Å²) < 4.78 is 0. The van der Waals surface area contributed by atoms with Gasteiger partial charge in [0.25, 0.3) is 0 Å². The van der Waals surface area contributed by atoms with Crippen LogP contribution in [0.1, 0.15) is 11.3 Å². The highest BCUT2D eigenvalue weighted by Crippen LogP contribution is 2.27. The summed E-state index contributed by atoms with van der Waals surface area (Å²) >= 11 is 0. The lowest BCUT2D eigenvalue weighted by Crippen LogP contribution is -2.48. The third-order valence-electron chi connectivity index (χ3n) is 5.17. The number of piperazine rings is 1. The zero-order valence-corrected chi connectivity index (χ0v) is 17.5. The second-order valence-electron chi connectivity index (χ2n) is 6.84. The highest BCUT2D eigenvalue weighted by atomic mass is 35.5. The van der Waals surface area contributed by atoms with E-state index in [1.807, 2.05) is 18.3 Å². The summed E-state index contributed by atoms with van der Waals surface area (Å²) in [7, 11) is 0. The minimum atomic E-state index is 0. The normalized spacial score (nSPS) is 17.1. The van der Waals surface area contributed by atoms with E-state index in [1.54, 1.807) is 6.20 Å². The van der Waals surface area contributed by atoms with Crippen molar-refractivity contribution in [2.24, 2.45) is 0 Å². The van der Waals surface area contributed by atoms with Crippen molar-refractivity contribution in [3.8, 4) is 11.4 Å². The first kappa shape index (κ1) is 22.8. The zero-order valence-electron chi connectivity index (χ0n) is 15.9. The molecule has 0 unspecified atom stereocenters. The second-order valence-corrected chi connectivity index (χ2v) is 6.84. The van der Waals surface area contributed by atoms with E-state index in [0.717, 1.165) is 81.6 Å². The fourth-order valence-corrected chi connectivity index (χ4v) is 3.74. The van der Waals surface area contributed by atoms with Gasteiger partial charge in [0.2, 0.25) is 0 Å². The average molecular weight is 427 g/mol. The Bertz CT molecular complexity index is 741. The van der Waals surface area contributed by atoms with Crippen molar-refractivity contribution >= 4 is 30.6 Å². The van der Waals surface area contributed by atoms with Crippen LogP contribution in [0.25, 0.3) is 11.4 Å². The van der Waals surface area contributed by atoms with Gasteiger partial charge in [0.1, 0.15) is 5.82 Å². The van der Waals surface area contributed by atoms with Crippen LogP contribution < -0.4 is 10.2 Å². The van der Waals surface area contributed by atoms with Crippen molar-refractivity contribution in [3.63, 3.8) is 0 Å². The molecule has 0 atom stereocenters. The molecule has 2 N–H and O–H groups in total. The molecular formula is C19H28Cl2N6O. The summed E-state index contributed by atoms with van der Waals surface area (Å²) in [6, 6.07) is 3.95. The number of anilines is 1. The van der Waals surface area contributed by atoms with E-state index in [2.05, 4.69) is 20.1 Å². The molecule has 28 heavy (non-hydrogen) atoms. The Morgan fingerprint density at radius 1 is 1.04 bits per heavy atom. The van der Waals surface area contributed by atoms with Crippen molar-refractivity contribution in [2.75, 3.05) is 57.3 Å². The molecule has 0 radical (unpaired) electrons. The van der Waals surface area contributed by atoms with Gasteiger partial charge in [0.15, 0.2) is 5.82 Å². The van der Waals surface area contributed by atoms with Crippen LogP contribution in [-0.4, -0.2) is 77.4 Å². The number of hydrogen-bond donors (Lipinski definition) is 2. The smallest absolute Gasteiger partial charge is 0.163 e. The molecule has 154 valence electrons. The predicted octanol–water partition coefficient (Wildman–Crippen LogP) is 1.18. The molecule has 0 saturated carbocycles. The highest BCUT2D eigenvalue weighted by Gasteiger charge is 2.24. The average Bonchev–Trinajstić information content (AvgIpc) is 2.94. The Kier molecular flexibility index (Phi) is 8.85. The molecule has 2 aromatic heterocycles. The van der Waals surface area contributed by atoms with E-state index >= 15 is 0 Å². The lowest BCUT2D eigenvalue weighted by Gasteiger charge is -2.36. The van der Waals surface area contributed by atoms with Crippen LogP contribution in [0.15, 0.2) is 24.5 Å². The quantitative estimate of drug-likeness (QED) is 0.759. The second kappa shape index (κ2) is 10.9. The molecule has 0 spiro atoms. The molecule has 7 nitrogen and oxygen atoms in total. The molecule has 4 rings (SSSR count). The first-order chi connectivity index (χ1) is 12.8. The summed E-state index contributed by atoms with van der Waals surface area (Å²) in [5, 5.41) is 12.6. The van der Waals surface area contributed by atoms with Gasteiger partial charge in [-0.2, -0.15) is 0 Å². The van der Waals surface area contributed by atoms with Crippen LogP contribution in [0.2, 0.25) is 0 Å². The van der Waals surface area contributed by atoms with Crippen LogP contribution >= 0.6 is 24.8 Å². The molecular weight excluding hydrogens is 399 g/mol. The van der Waals surface area contributed by atoms with Crippen molar-refractivity contribution in [2.45, 2.75) is 12.8 Å². The third kappa shape index (κ3) is 5.10. The maximum atomic E-state index is 9.16. The standard InChI is InChI=1S/C19H26N6O.2ClH/c26-13-12-24-8-10-25(11-9-24)19-16-3-6-20-7-4-17(16)22-18(23-19)15-2-1-5-21-14-15;;/h1-2,5,14,20,26H,3-4,6-13H2;2*1H. The van der Waals surface area contributed by atoms with E-state index in [4.69, 9.17) is 15.1 Å². The number of hydrogen-bond acceptors (Lipinski definition) is 7. The summed E-state index contributed by atoms with van der Waals surface area (Å²) in [6.45, 7) is 6.69. The van der Waals surface area contributed by atoms with Crippen LogP contribution in [0.5, 0.6) is 0 Å². The van der Waals surface area contributed by atoms with Crippen LogP contribution in [0, 0.1) is 0 Å². The number of halogens is 2. The van der Waals surface area contributed by atoms with Crippen molar-refractivity contribution in [1.29, 1.82) is 0 Å². The van der Waals surface area contributed by atoms with E-state index in [0.29, 0.717) is 0 Å². The fraction of sp³-hybridized carbons (Fsp3) is 0.526. The number of fused-ring (bicyclic) bond motifs is 1. The van der Waals surface area contributed by atoms with E-state index in [1.165, 1.54) is 5.56 Å². The maximum absolute atomic E-state index is 9.16. The third-order valence-corrected chi connectivity index (χ3v) is 5.17. The Morgan fingerprint density at radius 2 is 1.82 bits per heavy atom. The van der Waals surface area contributed by atoms with E-state index in [9.17, 15) is 0 Å². The predicted molar refractivity (Wildman–Crippen MR) is 116 cm³/mol. The number of aliphatic hydroxyl groups is 1. The number of aliphatic hydroxyl groups excluding tert-OH is 1. The minimum absolute atomic E-state index is 0. The van der Waals surface area contributed by atoms with E-state index in [-0.39, 0.29) is 31.4 Å². The molecule has 2 aromatic rings. The fourth-order valence-electron chi connectivity index (χ4n) is 3.74. The SMILES string of the molecule is Cl.Cl.OCCN1CCN(c2nc(-c3cccnc3)nc3c2CCNCC3)CC1. The van der Waals surface area contributed by atoms with Crippen LogP contribution in [0.4, 0.5) is 5.82 Å². The summed E-state index contributed by atoms with van der Waals surface area (Å²) in [4.78, 5) is 18.8. The molecule has 9 heteroatoms. The van der Waals surface area contributed by atoms with Gasteiger partial charge in [-0.25, -0.2) is 9.97 Å². The molecule has 0 aromatic carbocycles. The number of aromatic nitrogens is 3. The van der Waals surface area contributed by atoms with Gasteiger partial charge in [0, 0.05) is 69.2 Å². The lowest BCUT2D eigenvalue weighted by atomic mass is 10.1.